The third kappa shape index (κ3) is 18.5. The fraction of sp³-hybridized carbons (Fsp3) is 0.719. The molecule has 0 spiro atoms. The van der Waals surface area contributed by atoms with Gasteiger partial charge in [0.2, 0.25) is 0 Å². The molecule has 0 aromatic carbocycles. The highest BCUT2D eigenvalue weighted by Gasteiger charge is 2.31. The van der Waals surface area contributed by atoms with E-state index in [1.54, 1.807) is 13.8 Å². The molecule has 0 aliphatic carbocycles. The quantitative estimate of drug-likeness (QED) is 0.0855. The monoisotopic (exact) mass is 536 g/mol. The zero-order chi connectivity index (χ0) is 29.4. The van der Waals surface area contributed by atoms with Crippen molar-refractivity contribution in [3.05, 3.63) is 46.6 Å². The Morgan fingerprint density at radius 1 is 0.658 bits per heavy atom. The molecule has 6 heteroatoms. The van der Waals surface area contributed by atoms with Crippen molar-refractivity contribution in [2.45, 2.75) is 143 Å². The topological polar surface area (TPSA) is 107 Å². The number of carbonyl (C=O) groups is 1. The summed E-state index contributed by atoms with van der Waals surface area (Å²) in [4.78, 5) is 10.9. The Labute approximate surface area is 232 Å². The molecule has 6 nitrogen and oxygen atoms in total. The number of carbonyl (C=O) groups excluding carboxylic acids is 1. The van der Waals surface area contributed by atoms with E-state index in [2.05, 4.69) is 45.1 Å². The first-order valence-electron chi connectivity index (χ1n) is 14.1. The summed E-state index contributed by atoms with van der Waals surface area (Å²) in [6.45, 7) is 14.3. The number of aliphatic hydroxyl groups is 4. The fourth-order valence-corrected chi connectivity index (χ4v) is 3.90. The van der Waals surface area contributed by atoms with Gasteiger partial charge >= 0.3 is 5.97 Å². The van der Waals surface area contributed by atoms with Gasteiger partial charge < -0.3 is 25.2 Å². The van der Waals surface area contributed by atoms with Crippen molar-refractivity contribution < 1.29 is 30.0 Å². The molecule has 0 rings (SSSR count). The number of hydrogen-bond acceptors (Lipinski definition) is 6. The van der Waals surface area contributed by atoms with E-state index < -0.39 is 29.4 Å². The van der Waals surface area contributed by atoms with Crippen molar-refractivity contribution in [1.82, 2.24) is 0 Å². The first-order chi connectivity index (χ1) is 17.5. The second kappa shape index (κ2) is 18.5. The Morgan fingerprint density at radius 2 is 1.03 bits per heavy atom. The second-order valence-electron chi connectivity index (χ2n) is 11.8. The molecular weight excluding hydrogens is 480 g/mol. The van der Waals surface area contributed by atoms with Gasteiger partial charge in [0.15, 0.2) is 0 Å². The zero-order valence-corrected chi connectivity index (χ0v) is 25.3. The van der Waals surface area contributed by atoms with E-state index in [-0.39, 0.29) is 6.61 Å². The number of allylic oxidation sites excluding steroid dienone is 8. The molecule has 0 fully saturated rings. The number of aliphatic hydroxyl groups excluding tert-OH is 2. The summed E-state index contributed by atoms with van der Waals surface area (Å²) in [5, 5.41) is 40.3. The maximum absolute atomic E-state index is 10.9. The Morgan fingerprint density at radius 3 is 1.42 bits per heavy atom. The molecule has 0 amide bonds. The summed E-state index contributed by atoms with van der Waals surface area (Å²) in [7, 11) is 0. The maximum Gasteiger partial charge on any atom is 0.302 e. The van der Waals surface area contributed by atoms with Gasteiger partial charge in [0.1, 0.15) is 12.2 Å². The van der Waals surface area contributed by atoms with Gasteiger partial charge in [-0.05, 0) is 113 Å². The molecule has 0 aliphatic rings. The van der Waals surface area contributed by atoms with E-state index in [9.17, 15) is 25.2 Å². The molecule has 0 bridgehead atoms. The predicted octanol–water partition coefficient (Wildman–Crippen LogP) is 6.48. The molecular formula is C32H56O6. The highest BCUT2D eigenvalue weighted by atomic mass is 16.5. The lowest BCUT2D eigenvalue weighted by atomic mass is 9.94. The Bertz CT molecular complexity index is 810. The van der Waals surface area contributed by atoms with Gasteiger partial charge in [-0.2, -0.15) is 0 Å². The van der Waals surface area contributed by atoms with Crippen LogP contribution in [-0.2, 0) is 9.53 Å². The van der Waals surface area contributed by atoms with Crippen LogP contribution in [0.3, 0.4) is 0 Å². The molecule has 38 heavy (non-hydrogen) atoms. The molecule has 220 valence electrons. The van der Waals surface area contributed by atoms with E-state index >= 15 is 0 Å². The number of ether oxygens (including phenoxy) is 1. The molecule has 0 saturated heterocycles. The van der Waals surface area contributed by atoms with Crippen LogP contribution in [0.1, 0.15) is 120 Å². The lowest BCUT2D eigenvalue weighted by molar-refractivity contribution is -0.156. The first kappa shape index (κ1) is 36.3. The smallest absolute Gasteiger partial charge is 0.302 e. The van der Waals surface area contributed by atoms with E-state index in [0.717, 1.165) is 44.9 Å². The van der Waals surface area contributed by atoms with Gasteiger partial charge in [-0.15, -0.1) is 0 Å². The third-order valence-corrected chi connectivity index (χ3v) is 6.94. The summed E-state index contributed by atoms with van der Waals surface area (Å²) in [6, 6.07) is 0. The second-order valence-corrected chi connectivity index (χ2v) is 11.8. The van der Waals surface area contributed by atoms with Crippen molar-refractivity contribution in [1.29, 1.82) is 0 Å². The molecule has 0 radical (unpaired) electrons. The minimum Gasteiger partial charge on any atom is -0.463 e. The largest absolute Gasteiger partial charge is 0.463 e. The summed E-state index contributed by atoms with van der Waals surface area (Å²) in [6.07, 6.45) is 15.9. The number of unbranched alkanes of at least 4 members (excludes halogenated alkanes) is 1. The van der Waals surface area contributed by atoms with Gasteiger partial charge in [-0.3, -0.25) is 4.79 Å². The van der Waals surface area contributed by atoms with Gasteiger partial charge in [-0.1, -0.05) is 46.6 Å². The van der Waals surface area contributed by atoms with Crippen molar-refractivity contribution in [3.63, 3.8) is 0 Å². The van der Waals surface area contributed by atoms with E-state index in [4.69, 9.17) is 4.74 Å². The van der Waals surface area contributed by atoms with Crippen LogP contribution in [0.5, 0.6) is 0 Å². The van der Waals surface area contributed by atoms with E-state index in [1.807, 2.05) is 6.92 Å². The van der Waals surface area contributed by atoms with Gasteiger partial charge in [-0.25, -0.2) is 0 Å². The number of rotatable bonds is 19. The summed E-state index contributed by atoms with van der Waals surface area (Å²) < 4.78 is 4.84. The van der Waals surface area contributed by atoms with Crippen LogP contribution >= 0.6 is 0 Å². The average molecular weight is 537 g/mol. The number of hydrogen-bond donors (Lipinski definition) is 4. The predicted molar refractivity (Wildman–Crippen MR) is 157 cm³/mol. The van der Waals surface area contributed by atoms with Crippen LogP contribution < -0.4 is 0 Å². The zero-order valence-electron chi connectivity index (χ0n) is 25.3. The van der Waals surface area contributed by atoms with E-state index in [0.29, 0.717) is 19.3 Å². The molecule has 0 aromatic rings. The number of esters is 1. The Hall–Kier alpha value is -1.73. The SMILES string of the molecule is CC(=O)OC[C@](C)(O)[C@H](O)CC/C(C)=C/CC/C(C)=C/CC/C=C(\C)CC/C=C(\C)CC[C@@H](O)C(C)(C)O. The van der Waals surface area contributed by atoms with Crippen molar-refractivity contribution in [3.8, 4) is 0 Å². The maximum atomic E-state index is 10.9. The normalized spacial score (nSPS) is 17.3. The lowest BCUT2D eigenvalue weighted by Crippen LogP contribution is -2.44. The van der Waals surface area contributed by atoms with Gasteiger partial charge in [0.05, 0.1) is 17.8 Å². The van der Waals surface area contributed by atoms with Gasteiger partial charge in [0.25, 0.3) is 0 Å². The van der Waals surface area contributed by atoms with Crippen LogP contribution in [-0.4, -0.2) is 56.4 Å². The van der Waals surface area contributed by atoms with Crippen LogP contribution in [0.2, 0.25) is 0 Å². The van der Waals surface area contributed by atoms with E-state index in [1.165, 1.54) is 36.1 Å². The summed E-state index contributed by atoms with van der Waals surface area (Å²) >= 11 is 0. The highest BCUT2D eigenvalue weighted by molar-refractivity contribution is 5.65. The highest BCUT2D eigenvalue weighted by Crippen LogP contribution is 2.20. The Balaban J connectivity index is 4.25. The van der Waals surface area contributed by atoms with Crippen molar-refractivity contribution in [2.75, 3.05) is 6.61 Å². The standard InChI is InChI=1S/C32H56O6/c1-24(15-11-17-26(3)19-21-29(34)31(6,7)36)13-9-10-14-25(2)16-12-18-27(4)20-22-30(35)32(8,37)23-38-28(5)33/h13-14,17-18,29-30,34-37H,9-12,15-16,19-23H2,1-8H3/b24-13+,25-14+,26-17+,27-18+/t29-,30-,32+/m1/s1. The fourth-order valence-electron chi connectivity index (χ4n) is 3.90. The molecule has 3 atom stereocenters. The minimum absolute atomic E-state index is 0.210. The molecule has 0 unspecified atom stereocenters. The van der Waals surface area contributed by atoms with Crippen LogP contribution in [0.25, 0.3) is 0 Å². The summed E-state index contributed by atoms with van der Waals surface area (Å²) in [5.41, 5.74) is 2.70. The van der Waals surface area contributed by atoms with Crippen LogP contribution in [0.15, 0.2) is 46.6 Å². The molecule has 0 heterocycles. The van der Waals surface area contributed by atoms with Crippen LogP contribution in [0, 0.1) is 0 Å². The van der Waals surface area contributed by atoms with Gasteiger partial charge in [0, 0.05) is 6.92 Å². The lowest BCUT2D eigenvalue weighted by Gasteiger charge is -2.28. The molecule has 0 aliphatic heterocycles. The first-order valence-corrected chi connectivity index (χ1v) is 14.1. The summed E-state index contributed by atoms with van der Waals surface area (Å²) in [5.74, 6) is -0.472. The molecule has 4 N–H and O–H groups in total. The third-order valence-electron chi connectivity index (χ3n) is 6.94. The molecule has 0 aromatic heterocycles. The minimum atomic E-state index is -1.45. The average Bonchev–Trinajstić information content (AvgIpc) is 2.81. The van der Waals surface area contributed by atoms with Crippen molar-refractivity contribution in [2.24, 2.45) is 0 Å². The van der Waals surface area contributed by atoms with Crippen molar-refractivity contribution >= 4 is 5.97 Å². The Kier molecular flexibility index (Phi) is 17.7. The molecule has 0 saturated carbocycles. The van der Waals surface area contributed by atoms with Crippen LogP contribution in [0.4, 0.5) is 0 Å².